The molecule has 0 aliphatic heterocycles. The smallest absolute Gasteiger partial charge is 0.257 e. The second kappa shape index (κ2) is 8.90. The molecule has 0 spiro atoms. The maximum Gasteiger partial charge on any atom is 0.257 e. The van der Waals surface area contributed by atoms with Gasteiger partial charge in [-0.05, 0) is 73.0 Å². The molecule has 0 bridgehead atoms. The van der Waals surface area contributed by atoms with Crippen molar-refractivity contribution >= 4 is 17.6 Å². The average molecular weight is 376 g/mol. The first kappa shape index (κ1) is 19.2. The van der Waals surface area contributed by atoms with Gasteiger partial charge in [0.25, 0.3) is 5.91 Å². The minimum absolute atomic E-state index is 0.275. The van der Waals surface area contributed by atoms with Crippen molar-refractivity contribution < 1.29 is 9.18 Å². The van der Waals surface area contributed by atoms with Crippen molar-refractivity contribution in [2.45, 2.75) is 20.4 Å². The molecule has 0 saturated heterocycles. The number of rotatable bonds is 4. The van der Waals surface area contributed by atoms with Crippen LogP contribution in [0.4, 0.5) is 10.1 Å². The molecule has 142 valence electrons. The number of aryl methyl sites for hydroxylation is 2. The Morgan fingerprint density at radius 2 is 1.86 bits per heavy atom. The van der Waals surface area contributed by atoms with Crippen LogP contribution in [-0.2, 0) is 6.54 Å². The zero-order valence-electron chi connectivity index (χ0n) is 15.7. The molecule has 1 heterocycles. The summed E-state index contributed by atoms with van der Waals surface area (Å²) in [5.41, 5.74) is 4.21. The first-order valence-electron chi connectivity index (χ1n) is 8.86. The van der Waals surface area contributed by atoms with Gasteiger partial charge in [-0.25, -0.2) is 9.38 Å². The SMILES string of the molecule is Cc1ccc(C(=O)NC(=NCc2cccnc2)Nc2ccc(F)cc2)cc1C. The highest BCUT2D eigenvalue weighted by Crippen LogP contribution is 2.11. The van der Waals surface area contributed by atoms with Crippen LogP contribution in [0.1, 0.15) is 27.0 Å². The molecule has 0 aliphatic rings. The van der Waals surface area contributed by atoms with Gasteiger partial charge >= 0.3 is 0 Å². The minimum atomic E-state index is -0.335. The predicted octanol–water partition coefficient (Wildman–Crippen LogP) is 4.24. The van der Waals surface area contributed by atoms with Crippen LogP contribution < -0.4 is 10.6 Å². The van der Waals surface area contributed by atoms with Crippen LogP contribution >= 0.6 is 0 Å². The molecule has 0 radical (unpaired) electrons. The van der Waals surface area contributed by atoms with E-state index in [1.165, 1.54) is 12.1 Å². The molecule has 3 rings (SSSR count). The lowest BCUT2D eigenvalue weighted by molar-refractivity contribution is 0.0977. The molecule has 2 aromatic carbocycles. The summed E-state index contributed by atoms with van der Waals surface area (Å²) < 4.78 is 13.2. The second-order valence-corrected chi connectivity index (χ2v) is 6.41. The highest BCUT2D eigenvalue weighted by atomic mass is 19.1. The fraction of sp³-hybridized carbons (Fsp3) is 0.136. The van der Waals surface area contributed by atoms with E-state index < -0.39 is 0 Å². The van der Waals surface area contributed by atoms with Gasteiger partial charge in [0.1, 0.15) is 5.82 Å². The van der Waals surface area contributed by atoms with Gasteiger partial charge in [-0.2, -0.15) is 0 Å². The molecular formula is C22H21FN4O. The van der Waals surface area contributed by atoms with Gasteiger partial charge in [0, 0.05) is 23.6 Å². The Bertz CT molecular complexity index is 985. The van der Waals surface area contributed by atoms with Crippen molar-refractivity contribution in [1.29, 1.82) is 0 Å². The first-order valence-corrected chi connectivity index (χ1v) is 8.86. The van der Waals surface area contributed by atoms with Crippen LogP contribution in [0.3, 0.4) is 0 Å². The van der Waals surface area contributed by atoms with Crippen LogP contribution in [0.15, 0.2) is 72.0 Å². The van der Waals surface area contributed by atoms with Crippen LogP contribution in [0.25, 0.3) is 0 Å². The number of aromatic nitrogens is 1. The van der Waals surface area contributed by atoms with Gasteiger partial charge in [0.05, 0.1) is 6.54 Å². The van der Waals surface area contributed by atoms with E-state index in [9.17, 15) is 9.18 Å². The molecule has 6 heteroatoms. The molecule has 0 unspecified atom stereocenters. The number of hydrogen-bond acceptors (Lipinski definition) is 3. The van der Waals surface area contributed by atoms with E-state index in [1.54, 1.807) is 30.6 Å². The quantitative estimate of drug-likeness (QED) is 0.529. The number of amides is 1. The fourth-order valence-corrected chi connectivity index (χ4v) is 2.50. The molecule has 2 N–H and O–H groups in total. The van der Waals surface area contributed by atoms with E-state index in [2.05, 4.69) is 20.6 Å². The van der Waals surface area contributed by atoms with Gasteiger partial charge in [-0.1, -0.05) is 12.1 Å². The van der Waals surface area contributed by atoms with Crippen molar-refractivity contribution in [1.82, 2.24) is 10.3 Å². The second-order valence-electron chi connectivity index (χ2n) is 6.41. The van der Waals surface area contributed by atoms with Crippen LogP contribution in [0.5, 0.6) is 0 Å². The molecule has 1 aromatic heterocycles. The zero-order chi connectivity index (χ0) is 19.9. The summed E-state index contributed by atoms with van der Waals surface area (Å²) >= 11 is 0. The Balaban J connectivity index is 1.80. The topological polar surface area (TPSA) is 66.4 Å². The summed E-state index contributed by atoms with van der Waals surface area (Å²) in [5.74, 6) is -0.333. The number of pyridine rings is 1. The lowest BCUT2D eigenvalue weighted by Gasteiger charge is -2.12. The van der Waals surface area contributed by atoms with Crippen molar-refractivity contribution in [3.05, 3.63) is 95.1 Å². The van der Waals surface area contributed by atoms with E-state index in [0.29, 0.717) is 17.8 Å². The Morgan fingerprint density at radius 1 is 1.07 bits per heavy atom. The number of carbonyl (C=O) groups is 1. The summed E-state index contributed by atoms with van der Waals surface area (Å²) in [6, 6.07) is 15.1. The van der Waals surface area contributed by atoms with Crippen LogP contribution in [-0.4, -0.2) is 16.9 Å². The van der Waals surface area contributed by atoms with E-state index in [0.717, 1.165) is 16.7 Å². The number of hydrogen-bond donors (Lipinski definition) is 2. The molecule has 5 nitrogen and oxygen atoms in total. The molecule has 0 saturated carbocycles. The van der Waals surface area contributed by atoms with Crippen molar-refractivity contribution in [3.8, 4) is 0 Å². The zero-order valence-corrected chi connectivity index (χ0v) is 15.7. The summed E-state index contributed by atoms with van der Waals surface area (Å²) in [4.78, 5) is 21.2. The van der Waals surface area contributed by atoms with Gasteiger partial charge in [0.2, 0.25) is 5.96 Å². The molecule has 0 atom stereocenters. The third-order valence-corrected chi connectivity index (χ3v) is 4.25. The summed E-state index contributed by atoms with van der Waals surface area (Å²) in [7, 11) is 0. The predicted molar refractivity (Wildman–Crippen MR) is 109 cm³/mol. The summed E-state index contributed by atoms with van der Waals surface area (Å²) in [5, 5.41) is 5.83. The average Bonchev–Trinajstić information content (AvgIpc) is 2.70. The third-order valence-electron chi connectivity index (χ3n) is 4.25. The van der Waals surface area contributed by atoms with E-state index >= 15 is 0 Å². The number of nitrogens with zero attached hydrogens (tertiary/aromatic N) is 2. The third kappa shape index (κ3) is 5.23. The first-order chi connectivity index (χ1) is 13.5. The summed E-state index contributed by atoms with van der Waals surface area (Å²) in [6.07, 6.45) is 3.40. The fourth-order valence-electron chi connectivity index (χ4n) is 2.50. The normalized spacial score (nSPS) is 11.2. The Morgan fingerprint density at radius 3 is 2.54 bits per heavy atom. The number of anilines is 1. The Hall–Kier alpha value is -3.54. The maximum absolute atomic E-state index is 13.2. The van der Waals surface area contributed by atoms with Gasteiger partial charge in [-0.15, -0.1) is 0 Å². The van der Waals surface area contributed by atoms with Crippen molar-refractivity contribution in [3.63, 3.8) is 0 Å². The lowest BCUT2D eigenvalue weighted by Crippen LogP contribution is -2.36. The van der Waals surface area contributed by atoms with E-state index in [-0.39, 0.29) is 17.7 Å². The maximum atomic E-state index is 13.2. The number of carbonyl (C=O) groups excluding carboxylic acids is 1. The van der Waals surface area contributed by atoms with Crippen molar-refractivity contribution in [2.75, 3.05) is 5.32 Å². The molecule has 0 fully saturated rings. The number of aliphatic imine (C=N–C) groups is 1. The molecular weight excluding hydrogens is 355 g/mol. The lowest BCUT2D eigenvalue weighted by atomic mass is 10.1. The van der Waals surface area contributed by atoms with Crippen LogP contribution in [0.2, 0.25) is 0 Å². The van der Waals surface area contributed by atoms with E-state index in [1.807, 2.05) is 38.1 Å². The molecule has 1 amide bonds. The molecule has 0 aliphatic carbocycles. The van der Waals surface area contributed by atoms with Gasteiger partial charge in [0.15, 0.2) is 0 Å². The van der Waals surface area contributed by atoms with Crippen LogP contribution in [0, 0.1) is 19.7 Å². The van der Waals surface area contributed by atoms with Crippen molar-refractivity contribution in [2.24, 2.45) is 4.99 Å². The standard InChI is InChI=1S/C22H21FN4O/c1-15-5-6-18(12-16(15)2)21(28)27-22(25-14-17-4-3-11-24-13-17)26-20-9-7-19(23)8-10-20/h3-13H,14H2,1-2H3,(H2,25,26,27,28). The molecule has 3 aromatic rings. The number of guanidine groups is 1. The Kier molecular flexibility index (Phi) is 6.11. The number of benzene rings is 2. The monoisotopic (exact) mass is 376 g/mol. The highest BCUT2D eigenvalue weighted by Gasteiger charge is 2.10. The highest BCUT2D eigenvalue weighted by molar-refractivity contribution is 6.10. The summed E-state index contributed by atoms with van der Waals surface area (Å²) in [6.45, 7) is 4.29. The number of halogens is 1. The van der Waals surface area contributed by atoms with Gasteiger partial charge in [-0.3, -0.25) is 15.1 Å². The Labute approximate surface area is 163 Å². The number of nitrogens with one attached hydrogen (secondary N) is 2. The van der Waals surface area contributed by atoms with Gasteiger partial charge < -0.3 is 5.32 Å². The molecule has 28 heavy (non-hydrogen) atoms. The van der Waals surface area contributed by atoms with E-state index in [4.69, 9.17) is 0 Å². The minimum Gasteiger partial charge on any atom is -0.326 e. The largest absolute Gasteiger partial charge is 0.326 e.